The maximum Gasteiger partial charge on any atom is 0.326 e. The molecule has 0 spiro atoms. The number of aliphatic carboxylic acids is 2. The third-order valence-electron chi connectivity index (χ3n) is 4.38. The molecule has 13 heteroatoms. The van der Waals surface area contributed by atoms with Crippen LogP contribution in [0.3, 0.4) is 0 Å². The molecule has 0 aliphatic rings. The van der Waals surface area contributed by atoms with Crippen molar-refractivity contribution in [1.29, 1.82) is 0 Å². The molecule has 0 fully saturated rings. The Morgan fingerprint density at radius 2 is 1.47 bits per heavy atom. The molecular weight excluding hydrogens is 420 g/mol. The summed E-state index contributed by atoms with van der Waals surface area (Å²) in [5, 5.41) is 34.7. The minimum absolute atomic E-state index is 0.0574. The molecule has 30 heavy (non-hydrogen) atoms. The molecule has 6 unspecified atom stereocenters. The van der Waals surface area contributed by atoms with Crippen molar-refractivity contribution < 1.29 is 39.3 Å². The number of nitrogens with two attached hydrogens (primary N) is 1. The van der Waals surface area contributed by atoms with Gasteiger partial charge in [0.1, 0.15) is 18.1 Å². The summed E-state index contributed by atoms with van der Waals surface area (Å²) in [5.74, 6) is -6.04. The largest absolute Gasteiger partial charge is 0.481 e. The van der Waals surface area contributed by atoms with Crippen molar-refractivity contribution in [2.24, 2.45) is 11.7 Å². The average Bonchev–Trinajstić information content (AvgIpc) is 2.66. The molecule has 0 aromatic carbocycles. The van der Waals surface area contributed by atoms with E-state index in [1.165, 1.54) is 6.92 Å². The van der Waals surface area contributed by atoms with Crippen molar-refractivity contribution in [2.45, 2.75) is 63.9 Å². The fraction of sp³-hybridized carbons (Fsp3) is 0.706. The Morgan fingerprint density at radius 3 is 1.87 bits per heavy atom. The van der Waals surface area contributed by atoms with E-state index in [1.54, 1.807) is 13.8 Å². The molecule has 0 aromatic heterocycles. The lowest BCUT2D eigenvalue weighted by atomic mass is 9.98. The predicted molar refractivity (Wildman–Crippen MR) is 109 cm³/mol. The van der Waals surface area contributed by atoms with Crippen molar-refractivity contribution >= 4 is 42.3 Å². The second-order valence-electron chi connectivity index (χ2n) is 6.88. The summed E-state index contributed by atoms with van der Waals surface area (Å²) in [6.45, 7) is 4.53. The molecule has 0 aliphatic carbocycles. The predicted octanol–water partition coefficient (Wildman–Crippen LogP) is -2.32. The van der Waals surface area contributed by atoms with E-state index in [1.807, 2.05) is 0 Å². The lowest BCUT2D eigenvalue weighted by molar-refractivity contribution is -0.145. The number of amides is 3. The quantitative estimate of drug-likeness (QED) is 0.141. The van der Waals surface area contributed by atoms with Gasteiger partial charge in [-0.25, -0.2) is 4.79 Å². The van der Waals surface area contributed by atoms with E-state index in [0.717, 1.165) is 0 Å². The molecule has 8 N–H and O–H groups in total. The van der Waals surface area contributed by atoms with Crippen LogP contribution in [0.2, 0.25) is 0 Å². The van der Waals surface area contributed by atoms with Crippen LogP contribution in [-0.2, 0) is 24.0 Å². The van der Waals surface area contributed by atoms with Gasteiger partial charge in [0.2, 0.25) is 17.7 Å². The summed E-state index contributed by atoms with van der Waals surface area (Å²) >= 11 is 3.84. The highest BCUT2D eigenvalue weighted by Gasteiger charge is 2.34. The first kappa shape index (κ1) is 27.6. The van der Waals surface area contributed by atoms with Crippen molar-refractivity contribution in [3.05, 3.63) is 0 Å². The van der Waals surface area contributed by atoms with Gasteiger partial charge in [-0.05, 0) is 12.8 Å². The normalized spacial score (nSPS) is 16.9. The van der Waals surface area contributed by atoms with Crippen molar-refractivity contribution in [1.82, 2.24) is 16.0 Å². The average molecular weight is 451 g/mol. The molecule has 12 nitrogen and oxygen atoms in total. The van der Waals surface area contributed by atoms with E-state index < -0.39 is 72.3 Å². The van der Waals surface area contributed by atoms with E-state index in [2.05, 4.69) is 28.6 Å². The summed E-state index contributed by atoms with van der Waals surface area (Å²) < 4.78 is 0. The second-order valence-corrected chi connectivity index (χ2v) is 7.25. The highest BCUT2D eigenvalue weighted by Crippen LogP contribution is 2.09. The maximum absolute atomic E-state index is 12.5. The number of aliphatic hydroxyl groups excluding tert-OH is 1. The molecule has 6 atom stereocenters. The minimum Gasteiger partial charge on any atom is -0.481 e. The number of hydrogen-bond acceptors (Lipinski definition) is 8. The van der Waals surface area contributed by atoms with Gasteiger partial charge in [-0.3, -0.25) is 19.2 Å². The summed E-state index contributed by atoms with van der Waals surface area (Å²) in [4.78, 5) is 59.3. The van der Waals surface area contributed by atoms with Crippen molar-refractivity contribution in [2.75, 3.05) is 5.75 Å². The van der Waals surface area contributed by atoms with Gasteiger partial charge in [0.05, 0.1) is 18.6 Å². The zero-order chi connectivity index (χ0) is 23.6. The van der Waals surface area contributed by atoms with Gasteiger partial charge in [-0.15, -0.1) is 0 Å². The Hall–Kier alpha value is -2.38. The van der Waals surface area contributed by atoms with Gasteiger partial charge in [-0.2, -0.15) is 12.6 Å². The monoisotopic (exact) mass is 450 g/mol. The first-order chi connectivity index (χ1) is 13.8. The van der Waals surface area contributed by atoms with Crippen LogP contribution >= 0.6 is 12.6 Å². The van der Waals surface area contributed by atoms with Gasteiger partial charge in [0, 0.05) is 5.75 Å². The van der Waals surface area contributed by atoms with Crippen molar-refractivity contribution in [3.8, 4) is 0 Å². The van der Waals surface area contributed by atoms with Crippen LogP contribution in [-0.4, -0.2) is 81.0 Å². The molecule has 0 radical (unpaired) electrons. The number of carboxylic acids is 2. The number of carbonyl (C=O) groups is 5. The Morgan fingerprint density at radius 1 is 0.933 bits per heavy atom. The fourth-order valence-electron chi connectivity index (χ4n) is 2.33. The number of aliphatic hydroxyl groups is 1. The Bertz CT molecular complexity index is 645. The van der Waals surface area contributed by atoms with Crippen LogP contribution in [0.5, 0.6) is 0 Å². The van der Waals surface area contributed by atoms with Gasteiger partial charge in [0.25, 0.3) is 0 Å². The zero-order valence-electron chi connectivity index (χ0n) is 17.0. The van der Waals surface area contributed by atoms with Crippen LogP contribution < -0.4 is 21.7 Å². The van der Waals surface area contributed by atoms with E-state index in [-0.39, 0.29) is 5.75 Å². The number of carboxylic acid groups (broad SMARTS) is 2. The van der Waals surface area contributed by atoms with E-state index in [4.69, 9.17) is 10.8 Å². The first-order valence-corrected chi connectivity index (χ1v) is 9.89. The van der Waals surface area contributed by atoms with Gasteiger partial charge in [-0.1, -0.05) is 20.3 Å². The molecule has 0 bridgehead atoms. The first-order valence-electron chi connectivity index (χ1n) is 9.25. The molecule has 0 rings (SSSR count). The smallest absolute Gasteiger partial charge is 0.326 e. The van der Waals surface area contributed by atoms with Crippen LogP contribution in [0.1, 0.15) is 33.6 Å². The van der Waals surface area contributed by atoms with Crippen LogP contribution in [0, 0.1) is 5.92 Å². The fourth-order valence-corrected chi connectivity index (χ4v) is 2.50. The molecule has 0 aromatic rings. The van der Waals surface area contributed by atoms with Crippen LogP contribution in [0.4, 0.5) is 0 Å². The number of hydrogen-bond donors (Lipinski definition) is 8. The highest BCUT2D eigenvalue weighted by atomic mass is 32.1. The Kier molecular flexibility index (Phi) is 12.0. The molecule has 0 saturated heterocycles. The highest BCUT2D eigenvalue weighted by molar-refractivity contribution is 7.80. The number of carbonyl (C=O) groups excluding carboxylic acids is 3. The Labute approximate surface area is 179 Å². The molecular formula is C17H30N4O8S. The molecule has 0 aliphatic heterocycles. The van der Waals surface area contributed by atoms with Gasteiger partial charge in [0.15, 0.2) is 0 Å². The third kappa shape index (κ3) is 8.97. The molecule has 172 valence electrons. The van der Waals surface area contributed by atoms with Crippen molar-refractivity contribution in [3.63, 3.8) is 0 Å². The number of rotatable bonds is 13. The third-order valence-corrected chi connectivity index (χ3v) is 4.78. The van der Waals surface area contributed by atoms with E-state index >= 15 is 0 Å². The van der Waals surface area contributed by atoms with E-state index in [0.29, 0.717) is 6.42 Å². The maximum atomic E-state index is 12.5. The molecule has 0 heterocycles. The lowest BCUT2D eigenvalue weighted by Gasteiger charge is -2.27. The van der Waals surface area contributed by atoms with Gasteiger partial charge < -0.3 is 37.0 Å². The summed E-state index contributed by atoms with van der Waals surface area (Å²) in [6, 6.07) is -5.53. The van der Waals surface area contributed by atoms with Crippen LogP contribution in [0.15, 0.2) is 0 Å². The summed E-state index contributed by atoms with van der Waals surface area (Å²) in [7, 11) is 0. The standard InChI is InChI=1S/C17H30N4O8S/c1-4-7(2)12(17(28)29)20-16(27)13(8(3)22)21-15(26)10(5-11(23)24)19-14(25)9(18)6-30/h7-10,12-13,22,30H,4-6,18H2,1-3H3,(H,19,25)(H,20,27)(H,21,26)(H,23,24)(H,28,29). The second kappa shape index (κ2) is 13.0. The van der Waals surface area contributed by atoms with E-state index in [9.17, 15) is 34.2 Å². The van der Waals surface area contributed by atoms with Gasteiger partial charge >= 0.3 is 11.9 Å². The molecule has 0 saturated carbocycles. The number of thiol groups is 1. The minimum atomic E-state index is -1.59. The van der Waals surface area contributed by atoms with Crippen LogP contribution in [0.25, 0.3) is 0 Å². The topological polar surface area (TPSA) is 208 Å². The summed E-state index contributed by atoms with van der Waals surface area (Å²) in [6.07, 6.45) is -1.81. The summed E-state index contributed by atoms with van der Waals surface area (Å²) in [5.41, 5.74) is 5.49. The molecule has 3 amide bonds. The Balaban J connectivity index is 5.45. The number of nitrogens with one attached hydrogen (secondary N) is 3. The lowest BCUT2D eigenvalue weighted by Crippen LogP contribution is -2.60. The zero-order valence-corrected chi connectivity index (χ0v) is 17.9. The SMILES string of the molecule is CCC(C)C(NC(=O)C(NC(=O)C(CC(=O)O)NC(=O)C(N)CS)C(C)O)C(=O)O.